The van der Waals surface area contributed by atoms with E-state index in [4.69, 9.17) is 0 Å². The van der Waals surface area contributed by atoms with Crippen molar-refractivity contribution in [1.29, 1.82) is 0 Å². The van der Waals surface area contributed by atoms with Gasteiger partial charge in [-0.15, -0.1) is 0 Å². The van der Waals surface area contributed by atoms with Crippen LogP contribution in [0.5, 0.6) is 0 Å². The fraction of sp³-hybridized carbons (Fsp3) is 0.240. The van der Waals surface area contributed by atoms with Gasteiger partial charge in [0.2, 0.25) is 11.8 Å². The van der Waals surface area contributed by atoms with E-state index in [-0.39, 0.29) is 6.42 Å². The number of nitrogens with one attached hydrogen (secondary N) is 1. The van der Waals surface area contributed by atoms with E-state index in [1.165, 1.54) is 11.0 Å². The van der Waals surface area contributed by atoms with Gasteiger partial charge in [0.15, 0.2) is 0 Å². The normalized spacial score (nSPS) is 12.4. The average molecular weight is 481 g/mol. The molecule has 8 nitrogen and oxygen atoms in total. The van der Waals surface area contributed by atoms with E-state index in [9.17, 15) is 18.0 Å². The molecule has 2 amide bonds. The topological polar surface area (TPSA) is 101 Å². The lowest BCUT2D eigenvalue weighted by molar-refractivity contribution is -0.132. The number of para-hydroxylation sites is 1. The molecule has 1 heterocycles. The maximum atomic E-state index is 13.5. The Morgan fingerprint density at radius 3 is 2.29 bits per heavy atom. The lowest BCUT2D eigenvalue weighted by Crippen LogP contribution is -2.46. The minimum atomic E-state index is -4.12. The van der Waals surface area contributed by atoms with Gasteiger partial charge in [-0.1, -0.05) is 48.5 Å². The number of amides is 2. The number of aromatic nitrogens is 2. The molecule has 178 valence electrons. The Morgan fingerprint density at radius 2 is 1.71 bits per heavy atom. The second-order valence-corrected chi connectivity index (χ2v) is 9.17. The van der Waals surface area contributed by atoms with E-state index in [0.29, 0.717) is 29.9 Å². The van der Waals surface area contributed by atoms with Crippen LogP contribution in [0.3, 0.4) is 0 Å². The Morgan fingerprint density at radius 1 is 1.06 bits per heavy atom. The molecule has 0 radical (unpaired) electrons. The van der Waals surface area contributed by atoms with E-state index in [1.807, 2.05) is 19.1 Å². The van der Waals surface area contributed by atoms with E-state index >= 15 is 0 Å². The van der Waals surface area contributed by atoms with Gasteiger partial charge in [-0.05, 0) is 49.6 Å². The molecule has 1 unspecified atom stereocenters. The second-order valence-electron chi connectivity index (χ2n) is 7.60. The van der Waals surface area contributed by atoms with Crippen LogP contribution in [0.15, 0.2) is 78.5 Å². The number of rotatable bonds is 10. The molecule has 0 fully saturated rings. The van der Waals surface area contributed by atoms with Gasteiger partial charge in [0, 0.05) is 25.0 Å². The highest BCUT2D eigenvalue weighted by molar-refractivity contribution is 7.93. The zero-order valence-corrected chi connectivity index (χ0v) is 20.0. The lowest BCUT2D eigenvalue weighted by Gasteiger charge is -2.25. The van der Waals surface area contributed by atoms with E-state index < -0.39 is 27.8 Å². The standard InChI is InChI=1S/C25H28N4O4S/c1-3-28-19-21(18-26-28)17-23(25(31)29(4-2)22-13-9-6-10-14-22)24(30)27-34(32,33)16-15-20-11-7-5-8-12-20/h5-16,18-19,23H,3-4,17H2,1-2H3,(H,27,30)/b16-15+. The number of benzene rings is 2. The van der Waals surface area contributed by atoms with Gasteiger partial charge in [0.05, 0.1) is 11.6 Å². The molecule has 0 saturated carbocycles. The van der Waals surface area contributed by atoms with Crippen molar-refractivity contribution in [3.05, 3.63) is 89.6 Å². The molecule has 34 heavy (non-hydrogen) atoms. The smallest absolute Gasteiger partial charge is 0.257 e. The van der Waals surface area contributed by atoms with Gasteiger partial charge in [0.25, 0.3) is 10.0 Å². The van der Waals surface area contributed by atoms with Crippen LogP contribution in [-0.4, -0.2) is 36.6 Å². The number of anilines is 1. The highest BCUT2D eigenvalue weighted by Crippen LogP contribution is 2.19. The minimum Gasteiger partial charge on any atom is -0.312 e. The molecule has 2 aromatic carbocycles. The van der Waals surface area contributed by atoms with E-state index in [1.54, 1.807) is 72.5 Å². The average Bonchev–Trinajstić information content (AvgIpc) is 3.30. The SMILES string of the molecule is CCN(C(=O)C(Cc1cnn(CC)c1)C(=O)NS(=O)(=O)/C=C/c1ccccc1)c1ccccc1. The van der Waals surface area contributed by atoms with Crippen LogP contribution < -0.4 is 9.62 Å². The van der Waals surface area contributed by atoms with Crippen LogP contribution in [0.1, 0.15) is 25.0 Å². The summed E-state index contributed by atoms with van der Waals surface area (Å²) in [4.78, 5) is 28.1. The number of aryl methyl sites for hydroxylation is 1. The number of nitrogens with zero attached hydrogens (tertiary/aromatic N) is 3. The summed E-state index contributed by atoms with van der Waals surface area (Å²) < 4.78 is 28.9. The Hall–Kier alpha value is -3.72. The van der Waals surface area contributed by atoms with Crippen LogP contribution in [0.4, 0.5) is 5.69 Å². The van der Waals surface area contributed by atoms with Gasteiger partial charge < -0.3 is 4.90 Å². The number of carbonyl (C=O) groups is 2. The van der Waals surface area contributed by atoms with Crippen LogP contribution in [0.25, 0.3) is 6.08 Å². The van der Waals surface area contributed by atoms with Crippen LogP contribution in [-0.2, 0) is 32.6 Å². The Kier molecular flexibility index (Phi) is 8.37. The van der Waals surface area contributed by atoms with Crippen molar-refractivity contribution in [3.8, 4) is 0 Å². The quantitative estimate of drug-likeness (QED) is 0.449. The molecule has 9 heteroatoms. The molecule has 1 aromatic heterocycles. The zero-order valence-electron chi connectivity index (χ0n) is 19.2. The molecule has 1 atom stereocenters. The first-order chi connectivity index (χ1) is 16.3. The Bertz CT molecular complexity index is 1240. The third-order valence-corrected chi connectivity index (χ3v) is 6.18. The van der Waals surface area contributed by atoms with Gasteiger partial charge in [0.1, 0.15) is 5.92 Å². The van der Waals surface area contributed by atoms with Crippen molar-refractivity contribution in [2.24, 2.45) is 5.92 Å². The van der Waals surface area contributed by atoms with Crippen molar-refractivity contribution in [3.63, 3.8) is 0 Å². The predicted octanol–water partition coefficient (Wildman–Crippen LogP) is 3.23. The molecule has 1 N–H and O–H groups in total. The maximum Gasteiger partial charge on any atom is 0.257 e. The van der Waals surface area contributed by atoms with Crippen molar-refractivity contribution >= 4 is 33.6 Å². The van der Waals surface area contributed by atoms with E-state index in [0.717, 1.165) is 5.41 Å². The first kappa shape index (κ1) is 24.9. The van der Waals surface area contributed by atoms with Crippen molar-refractivity contribution in [1.82, 2.24) is 14.5 Å². The molecule has 3 aromatic rings. The van der Waals surface area contributed by atoms with Gasteiger partial charge in [-0.2, -0.15) is 5.10 Å². The van der Waals surface area contributed by atoms with Gasteiger partial charge >= 0.3 is 0 Å². The fourth-order valence-electron chi connectivity index (χ4n) is 3.45. The first-order valence-corrected chi connectivity index (χ1v) is 12.5. The molecule has 0 aliphatic heterocycles. The van der Waals surface area contributed by atoms with E-state index in [2.05, 4.69) is 9.82 Å². The van der Waals surface area contributed by atoms with Crippen molar-refractivity contribution in [2.45, 2.75) is 26.8 Å². The summed E-state index contributed by atoms with van der Waals surface area (Å²) in [7, 11) is -4.12. The maximum absolute atomic E-state index is 13.5. The molecule has 3 rings (SSSR count). The van der Waals surface area contributed by atoms with Crippen molar-refractivity contribution in [2.75, 3.05) is 11.4 Å². The molecule has 0 spiro atoms. The molecule has 0 aliphatic carbocycles. The Balaban J connectivity index is 1.86. The summed E-state index contributed by atoms with van der Waals surface area (Å²) in [6.07, 6.45) is 4.74. The highest BCUT2D eigenvalue weighted by atomic mass is 32.2. The number of hydrogen-bond acceptors (Lipinski definition) is 5. The summed E-state index contributed by atoms with van der Waals surface area (Å²) in [5.41, 5.74) is 1.96. The number of sulfonamides is 1. The third-order valence-electron chi connectivity index (χ3n) is 5.20. The molecular formula is C25H28N4O4S. The summed E-state index contributed by atoms with van der Waals surface area (Å²) in [5.74, 6) is -2.63. The minimum absolute atomic E-state index is 0.0198. The monoisotopic (exact) mass is 480 g/mol. The summed E-state index contributed by atoms with van der Waals surface area (Å²) in [6.45, 7) is 4.68. The third kappa shape index (κ3) is 6.64. The zero-order chi connectivity index (χ0) is 24.6. The molecule has 0 saturated heterocycles. The molecule has 0 aliphatic rings. The second kappa shape index (κ2) is 11.4. The molecular weight excluding hydrogens is 452 g/mol. The molecule has 0 bridgehead atoms. The van der Waals surface area contributed by atoms with Crippen LogP contribution >= 0.6 is 0 Å². The predicted molar refractivity (Wildman–Crippen MR) is 132 cm³/mol. The first-order valence-electron chi connectivity index (χ1n) is 11.0. The lowest BCUT2D eigenvalue weighted by atomic mass is 9.99. The number of hydrogen-bond donors (Lipinski definition) is 1. The number of carbonyl (C=O) groups excluding carboxylic acids is 2. The summed E-state index contributed by atoms with van der Waals surface area (Å²) >= 11 is 0. The largest absolute Gasteiger partial charge is 0.312 e. The van der Waals surface area contributed by atoms with Gasteiger partial charge in [-0.25, -0.2) is 13.1 Å². The Labute approximate surface area is 200 Å². The summed E-state index contributed by atoms with van der Waals surface area (Å²) in [5, 5.41) is 5.12. The van der Waals surface area contributed by atoms with Gasteiger partial charge in [-0.3, -0.25) is 14.3 Å². The fourth-order valence-corrected chi connectivity index (χ4v) is 4.28. The highest BCUT2D eigenvalue weighted by Gasteiger charge is 2.33. The van der Waals surface area contributed by atoms with Crippen LogP contribution in [0.2, 0.25) is 0 Å². The summed E-state index contributed by atoms with van der Waals surface area (Å²) in [6, 6.07) is 17.8. The van der Waals surface area contributed by atoms with Crippen LogP contribution in [0, 0.1) is 5.92 Å². The van der Waals surface area contributed by atoms with Crippen molar-refractivity contribution < 1.29 is 18.0 Å².